The molecule has 78 valence electrons. The molecule has 2 aromatic heterocycles. The third-order valence-electron chi connectivity index (χ3n) is 2.53. The van der Waals surface area contributed by atoms with Crippen molar-refractivity contribution in [3.05, 3.63) is 32.2 Å². The number of hydrogen-bond acceptors (Lipinski definition) is 4. The van der Waals surface area contributed by atoms with Crippen molar-refractivity contribution in [1.82, 2.24) is 9.97 Å². The molecule has 0 spiro atoms. The van der Waals surface area contributed by atoms with Crippen LogP contribution in [0.1, 0.15) is 40.2 Å². The third kappa shape index (κ3) is 2.11. The molecule has 15 heavy (non-hydrogen) atoms. The zero-order chi connectivity index (χ0) is 10.3. The molecule has 0 aromatic carbocycles. The fourth-order valence-electron chi connectivity index (χ4n) is 1.59. The Bertz CT molecular complexity index is 468. The molecule has 2 nitrogen and oxygen atoms in total. The summed E-state index contributed by atoms with van der Waals surface area (Å²) in [7, 11) is 0. The molecule has 1 aliphatic rings. The first-order valence-electron chi connectivity index (χ1n) is 5.16. The van der Waals surface area contributed by atoms with Crippen LogP contribution in [0.2, 0.25) is 0 Å². The van der Waals surface area contributed by atoms with E-state index in [4.69, 9.17) is 0 Å². The normalized spacial score (nSPS) is 15.8. The van der Waals surface area contributed by atoms with Crippen molar-refractivity contribution in [2.45, 2.75) is 32.1 Å². The Morgan fingerprint density at radius 1 is 1.20 bits per heavy atom. The van der Waals surface area contributed by atoms with E-state index >= 15 is 0 Å². The lowest BCUT2D eigenvalue weighted by molar-refractivity contribution is 0.998. The standard InChI is InChI=1S/C11H12N2S2/c1-7-5-14-10(12-7)4-11-13-9(6-15-11)8-2-3-8/h5-6,8H,2-4H2,1H3. The molecule has 2 heterocycles. The molecular weight excluding hydrogens is 224 g/mol. The van der Waals surface area contributed by atoms with Gasteiger partial charge in [-0.3, -0.25) is 0 Å². The van der Waals surface area contributed by atoms with Crippen molar-refractivity contribution in [2.75, 3.05) is 0 Å². The molecule has 0 atom stereocenters. The van der Waals surface area contributed by atoms with Gasteiger partial charge in [0, 0.05) is 22.4 Å². The number of rotatable bonds is 3. The lowest BCUT2D eigenvalue weighted by Crippen LogP contribution is -1.87. The average Bonchev–Trinajstić information content (AvgIpc) is 2.84. The van der Waals surface area contributed by atoms with Gasteiger partial charge in [-0.15, -0.1) is 22.7 Å². The summed E-state index contributed by atoms with van der Waals surface area (Å²) in [5, 5.41) is 6.72. The Hall–Kier alpha value is -0.740. The highest BCUT2D eigenvalue weighted by Crippen LogP contribution is 2.40. The first kappa shape index (κ1) is 9.48. The van der Waals surface area contributed by atoms with Crippen molar-refractivity contribution >= 4 is 22.7 Å². The van der Waals surface area contributed by atoms with Crippen LogP contribution in [0.5, 0.6) is 0 Å². The maximum absolute atomic E-state index is 4.66. The highest BCUT2D eigenvalue weighted by molar-refractivity contribution is 7.11. The van der Waals surface area contributed by atoms with Crippen LogP contribution in [-0.2, 0) is 6.42 Å². The van der Waals surface area contributed by atoms with Crippen molar-refractivity contribution in [1.29, 1.82) is 0 Å². The van der Waals surface area contributed by atoms with Crippen molar-refractivity contribution in [2.24, 2.45) is 0 Å². The van der Waals surface area contributed by atoms with Crippen molar-refractivity contribution < 1.29 is 0 Å². The lowest BCUT2D eigenvalue weighted by Gasteiger charge is -1.90. The van der Waals surface area contributed by atoms with Crippen LogP contribution in [0.4, 0.5) is 0 Å². The van der Waals surface area contributed by atoms with Crippen molar-refractivity contribution in [3.8, 4) is 0 Å². The Kier molecular flexibility index (Phi) is 2.33. The van der Waals surface area contributed by atoms with Crippen LogP contribution < -0.4 is 0 Å². The number of nitrogens with zero attached hydrogens (tertiary/aromatic N) is 2. The highest BCUT2D eigenvalue weighted by Gasteiger charge is 2.26. The van der Waals surface area contributed by atoms with Crippen LogP contribution in [-0.4, -0.2) is 9.97 Å². The third-order valence-corrected chi connectivity index (χ3v) is 4.37. The van der Waals surface area contributed by atoms with Gasteiger partial charge in [0.05, 0.1) is 22.1 Å². The average molecular weight is 236 g/mol. The van der Waals surface area contributed by atoms with Gasteiger partial charge in [-0.1, -0.05) is 0 Å². The fourth-order valence-corrected chi connectivity index (χ4v) is 3.33. The Balaban J connectivity index is 1.75. The Morgan fingerprint density at radius 3 is 2.60 bits per heavy atom. The molecule has 3 rings (SSSR count). The summed E-state index contributed by atoms with van der Waals surface area (Å²) in [6.45, 7) is 2.04. The highest BCUT2D eigenvalue weighted by atomic mass is 32.1. The van der Waals surface area contributed by atoms with Gasteiger partial charge in [-0.05, 0) is 19.8 Å². The van der Waals surface area contributed by atoms with Gasteiger partial charge in [0.2, 0.25) is 0 Å². The van der Waals surface area contributed by atoms with E-state index in [0.717, 1.165) is 18.0 Å². The maximum atomic E-state index is 4.66. The molecule has 0 amide bonds. The van der Waals surface area contributed by atoms with Crippen molar-refractivity contribution in [3.63, 3.8) is 0 Å². The molecule has 1 saturated carbocycles. The van der Waals surface area contributed by atoms with Gasteiger partial charge in [0.1, 0.15) is 0 Å². The minimum Gasteiger partial charge on any atom is -0.246 e. The van der Waals surface area contributed by atoms with Gasteiger partial charge >= 0.3 is 0 Å². The first-order valence-corrected chi connectivity index (χ1v) is 6.92. The number of aryl methyl sites for hydroxylation is 1. The molecular formula is C11H12N2S2. The summed E-state index contributed by atoms with van der Waals surface area (Å²) in [4.78, 5) is 9.12. The number of aromatic nitrogens is 2. The molecule has 1 aliphatic carbocycles. The zero-order valence-electron chi connectivity index (χ0n) is 8.56. The molecule has 2 aromatic rings. The maximum Gasteiger partial charge on any atom is 0.0996 e. The van der Waals surface area contributed by atoms with E-state index in [0.29, 0.717) is 0 Å². The minimum absolute atomic E-state index is 0.771. The van der Waals surface area contributed by atoms with Crippen LogP contribution in [0.25, 0.3) is 0 Å². The van der Waals surface area contributed by atoms with Gasteiger partial charge in [0.15, 0.2) is 0 Å². The molecule has 0 unspecified atom stereocenters. The van der Waals surface area contributed by atoms with Crippen LogP contribution in [0.15, 0.2) is 10.8 Å². The number of thiazole rings is 2. The predicted molar refractivity (Wildman–Crippen MR) is 63.7 cm³/mol. The first-order chi connectivity index (χ1) is 7.31. The molecule has 1 fully saturated rings. The predicted octanol–water partition coefficient (Wildman–Crippen LogP) is 3.38. The molecule has 4 heteroatoms. The van der Waals surface area contributed by atoms with Gasteiger partial charge in [-0.2, -0.15) is 0 Å². The van der Waals surface area contributed by atoms with E-state index in [-0.39, 0.29) is 0 Å². The Labute approximate surface area is 97.0 Å². The molecule has 0 aliphatic heterocycles. The second-order valence-electron chi connectivity index (χ2n) is 4.00. The van der Waals surface area contributed by atoms with Crippen LogP contribution in [0.3, 0.4) is 0 Å². The van der Waals surface area contributed by atoms with Gasteiger partial charge in [-0.25, -0.2) is 9.97 Å². The zero-order valence-corrected chi connectivity index (χ0v) is 10.2. The SMILES string of the molecule is Cc1csc(Cc2nc(C3CC3)cs2)n1. The van der Waals surface area contributed by atoms with E-state index < -0.39 is 0 Å². The molecule has 0 bridgehead atoms. The van der Waals surface area contributed by atoms with Gasteiger partial charge < -0.3 is 0 Å². The fraction of sp³-hybridized carbons (Fsp3) is 0.455. The van der Waals surface area contributed by atoms with E-state index in [9.17, 15) is 0 Å². The summed E-state index contributed by atoms with van der Waals surface area (Å²) < 4.78 is 0. The summed E-state index contributed by atoms with van der Waals surface area (Å²) >= 11 is 3.51. The topological polar surface area (TPSA) is 25.8 Å². The largest absolute Gasteiger partial charge is 0.246 e. The van der Waals surface area contributed by atoms with Crippen LogP contribution >= 0.6 is 22.7 Å². The molecule has 0 N–H and O–H groups in total. The monoisotopic (exact) mass is 236 g/mol. The second kappa shape index (κ2) is 3.68. The van der Waals surface area contributed by atoms with E-state index in [1.165, 1.54) is 28.6 Å². The summed E-state index contributed by atoms with van der Waals surface area (Å²) in [6, 6.07) is 0. The van der Waals surface area contributed by atoms with Crippen LogP contribution in [0, 0.1) is 6.92 Å². The summed E-state index contributed by atoms with van der Waals surface area (Å²) in [5.41, 5.74) is 2.43. The van der Waals surface area contributed by atoms with Gasteiger partial charge in [0.25, 0.3) is 0 Å². The molecule has 0 radical (unpaired) electrons. The van der Waals surface area contributed by atoms with E-state index in [1.54, 1.807) is 22.7 Å². The van der Waals surface area contributed by atoms with E-state index in [2.05, 4.69) is 20.7 Å². The summed E-state index contributed by atoms with van der Waals surface area (Å²) in [6.07, 6.45) is 3.58. The minimum atomic E-state index is 0.771. The number of hydrogen-bond donors (Lipinski definition) is 0. The smallest absolute Gasteiger partial charge is 0.0996 e. The second-order valence-corrected chi connectivity index (χ2v) is 5.89. The lowest BCUT2D eigenvalue weighted by atomic mass is 10.3. The summed E-state index contributed by atoms with van der Waals surface area (Å²) in [5.74, 6) is 0.771. The Morgan fingerprint density at radius 2 is 1.93 bits per heavy atom. The van der Waals surface area contributed by atoms with E-state index in [1.807, 2.05) is 6.92 Å². The quantitative estimate of drug-likeness (QED) is 0.816. The molecule has 0 saturated heterocycles.